The molecule has 0 saturated carbocycles. The smallest absolute Gasteiger partial charge is 0.223 e. The number of likely N-dealkylation sites (tertiary alicyclic amines) is 1. The molecule has 0 unspecified atom stereocenters. The van der Waals surface area contributed by atoms with E-state index in [4.69, 9.17) is 0 Å². The molecule has 22 heavy (non-hydrogen) atoms. The highest BCUT2D eigenvalue weighted by atomic mass is 16.3. The Morgan fingerprint density at radius 1 is 1.55 bits per heavy atom. The Morgan fingerprint density at radius 3 is 2.86 bits per heavy atom. The topological polar surface area (TPSA) is 78.6 Å². The van der Waals surface area contributed by atoms with Gasteiger partial charge in [-0.2, -0.15) is 5.10 Å². The lowest BCUT2D eigenvalue weighted by Crippen LogP contribution is -2.54. The van der Waals surface area contributed by atoms with E-state index in [0.29, 0.717) is 32.4 Å². The number of hydrogen-bond acceptors (Lipinski definition) is 4. The highest BCUT2D eigenvalue weighted by Gasteiger charge is 2.42. The zero-order valence-electron chi connectivity index (χ0n) is 13.5. The first-order chi connectivity index (χ1) is 10.5. The normalized spacial score (nSPS) is 25.5. The van der Waals surface area contributed by atoms with Crippen LogP contribution in [0.15, 0.2) is 12.3 Å². The van der Waals surface area contributed by atoms with Crippen molar-refractivity contribution in [2.45, 2.75) is 45.1 Å². The highest BCUT2D eigenvalue weighted by molar-refractivity contribution is 5.76. The molecule has 1 fully saturated rings. The fourth-order valence-electron chi connectivity index (χ4n) is 3.34. The van der Waals surface area contributed by atoms with E-state index in [9.17, 15) is 15.0 Å². The first-order valence-electron chi connectivity index (χ1n) is 8.06. The molecular weight excluding hydrogens is 282 g/mol. The van der Waals surface area contributed by atoms with Crippen molar-refractivity contribution in [2.75, 3.05) is 19.7 Å². The first kappa shape index (κ1) is 17.0. The second-order valence-corrected chi connectivity index (χ2v) is 6.32. The lowest BCUT2D eigenvalue weighted by Gasteiger charge is -2.44. The minimum atomic E-state index is -0.646. The molecule has 2 heterocycles. The third kappa shape index (κ3) is 3.50. The first-order valence-corrected chi connectivity index (χ1v) is 8.06. The number of hydrogen-bond donors (Lipinski definition) is 2. The molecule has 0 aliphatic carbocycles. The Kier molecular flexibility index (Phi) is 5.58. The van der Waals surface area contributed by atoms with E-state index in [1.807, 2.05) is 13.1 Å². The molecule has 1 saturated heterocycles. The van der Waals surface area contributed by atoms with Crippen molar-refractivity contribution in [2.24, 2.45) is 12.5 Å². The number of amides is 1. The van der Waals surface area contributed by atoms with Crippen molar-refractivity contribution in [3.8, 4) is 0 Å². The van der Waals surface area contributed by atoms with Gasteiger partial charge in [-0.3, -0.25) is 9.48 Å². The van der Waals surface area contributed by atoms with Gasteiger partial charge in [0.2, 0.25) is 5.91 Å². The number of aromatic nitrogens is 2. The Hall–Kier alpha value is -1.40. The summed E-state index contributed by atoms with van der Waals surface area (Å²) in [5, 5.41) is 24.1. The summed E-state index contributed by atoms with van der Waals surface area (Å²) in [5.74, 6) is 0.0586. The van der Waals surface area contributed by atoms with Crippen molar-refractivity contribution >= 4 is 5.91 Å². The monoisotopic (exact) mass is 309 g/mol. The van der Waals surface area contributed by atoms with Gasteiger partial charge in [0.15, 0.2) is 0 Å². The molecule has 2 rings (SSSR count). The van der Waals surface area contributed by atoms with Gasteiger partial charge in [0, 0.05) is 43.9 Å². The van der Waals surface area contributed by atoms with E-state index < -0.39 is 11.5 Å². The SMILES string of the molecule is CCC[C@]1(CO)CCN(C(=O)CCc2ccnn2C)C[C@@H]1O. The van der Waals surface area contributed by atoms with Gasteiger partial charge >= 0.3 is 0 Å². The van der Waals surface area contributed by atoms with Crippen LogP contribution in [0.3, 0.4) is 0 Å². The molecule has 0 aromatic carbocycles. The predicted octanol–water partition coefficient (Wildman–Crippen LogP) is 0.725. The van der Waals surface area contributed by atoms with Gasteiger partial charge in [0.1, 0.15) is 0 Å². The van der Waals surface area contributed by atoms with Crippen LogP contribution in [0.25, 0.3) is 0 Å². The molecular formula is C16H27N3O3. The number of aryl methyl sites for hydroxylation is 2. The van der Waals surface area contributed by atoms with Crippen LogP contribution in [-0.4, -0.2) is 56.6 Å². The van der Waals surface area contributed by atoms with Crippen molar-refractivity contribution in [1.29, 1.82) is 0 Å². The number of aliphatic hydroxyl groups is 2. The van der Waals surface area contributed by atoms with E-state index in [0.717, 1.165) is 18.5 Å². The van der Waals surface area contributed by atoms with E-state index in [1.54, 1.807) is 15.8 Å². The number of β-amino-alcohol motifs (C(OH)–C–C–N with tert-alkyl or cyclic N) is 1. The lowest BCUT2D eigenvalue weighted by molar-refractivity contribution is -0.142. The van der Waals surface area contributed by atoms with Gasteiger partial charge in [-0.15, -0.1) is 0 Å². The second kappa shape index (κ2) is 7.24. The maximum absolute atomic E-state index is 12.3. The van der Waals surface area contributed by atoms with Crippen LogP contribution >= 0.6 is 0 Å². The molecule has 1 aliphatic rings. The van der Waals surface area contributed by atoms with Gasteiger partial charge in [0.25, 0.3) is 0 Å². The van der Waals surface area contributed by atoms with Crippen LogP contribution in [-0.2, 0) is 18.3 Å². The zero-order valence-corrected chi connectivity index (χ0v) is 13.5. The van der Waals surface area contributed by atoms with Crippen LogP contribution in [0.4, 0.5) is 0 Å². The van der Waals surface area contributed by atoms with E-state index in [1.165, 1.54) is 0 Å². The molecule has 1 aromatic heterocycles. The number of aliphatic hydroxyl groups excluding tert-OH is 2. The number of rotatable bonds is 6. The van der Waals surface area contributed by atoms with E-state index >= 15 is 0 Å². The summed E-state index contributed by atoms with van der Waals surface area (Å²) in [4.78, 5) is 14.1. The van der Waals surface area contributed by atoms with Crippen LogP contribution < -0.4 is 0 Å². The van der Waals surface area contributed by atoms with Crippen LogP contribution in [0.5, 0.6) is 0 Å². The Morgan fingerprint density at radius 2 is 2.32 bits per heavy atom. The second-order valence-electron chi connectivity index (χ2n) is 6.32. The van der Waals surface area contributed by atoms with Crippen molar-refractivity contribution in [1.82, 2.24) is 14.7 Å². The zero-order chi connectivity index (χ0) is 16.2. The molecule has 2 N–H and O–H groups in total. The average molecular weight is 309 g/mol. The highest BCUT2D eigenvalue weighted by Crippen LogP contribution is 2.36. The number of carbonyl (C=O) groups is 1. The average Bonchev–Trinajstić information content (AvgIpc) is 2.92. The van der Waals surface area contributed by atoms with Gasteiger partial charge < -0.3 is 15.1 Å². The van der Waals surface area contributed by atoms with Gasteiger partial charge in [-0.05, 0) is 25.3 Å². The standard InChI is InChI=1S/C16H27N3O3/c1-3-7-16(12-20)8-10-19(11-14(16)21)15(22)5-4-13-6-9-17-18(13)2/h6,9,14,20-21H,3-5,7-8,10-12H2,1-2H3/t14-,16+/m0/s1. The maximum atomic E-state index is 12.3. The number of carbonyl (C=O) groups excluding carboxylic acids is 1. The molecule has 0 bridgehead atoms. The minimum Gasteiger partial charge on any atom is -0.396 e. The Bertz CT molecular complexity index is 503. The van der Waals surface area contributed by atoms with Crippen LogP contribution in [0, 0.1) is 5.41 Å². The summed E-state index contributed by atoms with van der Waals surface area (Å²) in [6, 6.07) is 1.91. The van der Waals surface area contributed by atoms with Crippen LogP contribution in [0.1, 0.15) is 38.3 Å². The van der Waals surface area contributed by atoms with Gasteiger partial charge in [-0.1, -0.05) is 13.3 Å². The molecule has 124 valence electrons. The third-order valence-corrected chi connectivity index (χ3v) is 4.91. The van der Waals surface area contributed by atoms with Crippen molar-refractivity contribution < 1.29 is 15.0 Å². The fraction of sp³-hybridized carbons (Fsp3) is 0.750. The molecule has 1 aliphatic heterocycles. The minimum absolute atomic E-state index is 0.0148. The summed E-state index contributed by atoms with van der Waals surface area (Å²) in [6.45, 7) is 2.97. The van der Waals surface area contributed by atoms with Crippen LogP contribution in [0.2, 0.25) is 0 Å². The van der Waals surface area contributed by atoms with Gasteiger partial charge in [-0.25, -0.2) is 0 Å². The lowest BCUT2D eigenvalue weighted by atomic mass is 9.73. The van der Waals surface area contributed by atoms with Crippen molar-refractivity contribution in [3.63, 3.8) is 0 Å². The van der Waals surface area contributed by atoms with E-state index in [-0.39, 0.29) is 12.5 Å². The van der Waals surface area contributed by atoms with Gasteiger partial charge in [0.05, 0.1) is 12.7 Å². The number of piperidine rings is 1. The Labute approximate surface area is 131 Å². The summed E-state index contributed by atoms with van der Waals surface area (Å²) in [6.07, 6.45) is 4.54. The maximum Gasteiger partial charge on any atom is 0.223 e. The molecule has 6 heteroatoms. The third-order valence-electron chi connectivity index (χ3n) is 4.91. The van der Waals surface area contributed by atoms with E-state index in [2.05, 4.69) is 12.0 Å². The summed E-state index contributed by atoms with van der Waals surface area (Å²) >= 11 is 0. The predicted molar refractivity (Wildman–Crippen MR) is 83.2 cm³/mol. The molecule has 0 radical (unpaired) electrons. The summed E-state index contributed by atoms with van der Waals surface area (Å²) in [7, 11) is 1.87. The Balaban J connectivity index is 1.89. The quantitative estimate of drug-likeness (QED) is 0.812. The summed E-state index contributed by atoms with van der Waals surface area (Å²) in [5.41, 5.74) is 0.592. The molecule has 6 nitrogen and oxygen atoms in total. The summed E-state index contributed by atoms with van der Waals surface area (Å²) < 4.78 is 1.77. The van der Waals surface area contributed by atoms with Crippen molar-refractivity contribution in [3.05, 3.63) is 18.0 Å². The fourth-order valence-corrected chi connectivity index (χ4v) is 3.34. The molecule has 2 atom stereocenters. The largest absolute Gasteiger partial charge is 0.396 e. The molecule has 0 spiro atoms. The molecule has 1 amide bonds. The number of nitrogens with zero attached hydrogens (tertiary/aromatic N) is 3. The molecule has 1 aromatic rings.